The third-order valence-electron chi connectivity index (χ3n) is 18.5. The van der Waals surface area contributed by atoms with Gasteiger partial charge in [-0.1, -0.05) is 112 Å². The molecule has 14 N–H and O–H groups in total. The highest BCUT2D eigenvalue weighted by atomic mass is 127. The first-order chi connectivity index (χ1) is 61.2. The van der Waals surface area contributed by atoms with E-state index in [1.54, 1.807) is 133 Å². The fourth-order valence-electron chi connectivity index (χ4n) is 11.3. The molecule has 0 aliphatic carbocycles. The number of benzene rings is 8. The van der Waals surface area contributed by atoms with Gasteiger partial charge in [0.15, 0.2) is 18.1 Å². The average molecular weight is 1940 g/mol. The second-order valence-corrected chi connectivity index (χ2v) is 29.2. The number of rotatable bonds is 22. The topological polar surface area (TPSA) is 452 Å². The van der Waals surface area contributed by atoms with Gasteiger partial charge >= 0.3 is 17.9 Å². The van der Waals surface area contributed by atoms with Crippen LogP contribution in [-0.4, -0.2) is 249 Å². The monoisotopic (exact) mass is 1940 g/mol. The number of carbonyl (C=O) groups excluding carboxylic acids is 10. The van der Waals surface area contributed by atoms with Crippen molar-refractivity contribution in [2.75, 3.05) is 100 Å². The van der Waals surface area contributed by atoms with Crippen LogP contribution >= 0.6 is 35.0 Å². The third kappa shape index (κ3) is 43.3. The number of nitrogens with two attached hydrogens (primary N) is 1. The van der Waals surface area contributed by atoms with Crippen molar-refractivity contribution < 1.29 is 107 Å². The number of nitrogens with zero attached hydrogens (tertiary/aromatic N) is 2. The van der Waals surface area contributed by atoms with E-state index in [2.05, 4.69) is 145 Å². The first-order valence-electron chi connectivity index (χ1n) is 39.8. The van der Waals surface area contributed by atoms with Crippen molar-refractivity contribution in [3.63, 3.8) is 0 Å². The van der Waals surface area contributed by atoms with Gasteiger partial charge in [0.1, 0.15) is 18.6 Å². The van der Waals surface area contributed by atoms with Crippen molar-refractivity contribution in [2.24, 2.45) is 5.90 Å². The lowest BCUT2D eigenvalue weighted by atomic mass is 10.1. The summed E-state index contributed by atoms with van der Waals surface area (Å²) in [5.41, 5.74) is 12.0. The Balaban J connectivity index is 0.000000822. The molecule has 0 bridgehead atoms. The molecule has 3 heterocycles. The van der Waals surface area contributed by atoms with E-state index in [0.717, 1.165) is 142 Å². The molecule has 131 heavy (non-hydrogen) atoms. The van der Waals surface area contributed by atoms with Crippen molar-refractivity contribution in [1.29, 1.82) is 0 Å². The van der Waals surface area contributed by atoms with Crippen LogP contribution in [0.2, 0.25) is 0 Å². The Hall–Kier alpha value is -12.4. The number of halogens is 2. The van der Waals surface area contributed by atoms with Gasteiger partial charge in [-0.05, 0) is 207 Å². The third-order valence-corrected chi connectivity index (χ3v) is 19.2. The zero-order valence-corrected chi connectivity index (χ0v) is 74.7. The van der Waals surface area contributed by atoms with Crippen LogP contribution in [-0.2, 0) is 60.7 Å². The maximum Gasteiger partial charge on any atom is 0.331 e. The highest BCUT2D eigenvalue weighted by Crippen LogP contribution is 2.16. The highest BCUT2D eigenvalue weighted by molar-refractivity contribution is 14.1. The van der Waals surface area contributed by atoms with Crippen molar-refractivity contribution in [1.82, 2.24) is 41.9 Å². The Morgan fingerprint density at radius 1 is 0.412 bits per heavy atom. The van der Waals surface area contributed by atoms with Crippen molar-refractivity contribution in [3.8, 4) is 47.9 Å². The molecule has 0 saturated carbocycles. The van der Waals surface area contributed by atoms with Crippen LogP contribution in [0.4, 0.5) is 0 Å². The molecule has 0 spiro atoms. The predicted octanol–water partition coefficient (Wildman–Crippen LogP) is 7.72. The van der Waals surface area contributed by atoms with Gasteiger partial charge in [-0.3, -0.25) is 48.6 Å². The number of nitrogens with one attached hydrogen (secondary N) is 6. The summed E-state index contributed by atoms with van der Waals surface area (Å²) in [5, 5.41) is 66.5. The van der Waals surface area contributed by atoms with E-state index in [4.69, 9.17) is 31.0 Å². The number of ether oxygens (including phenoxy) is 6. The number of aldehydes is 2. The summed E-state index contributed by atoms with van der Waals surface area (Å²) in [5.74, 6) is 19.2. The number of morpholine rings is 3. The van der Waals surface area contributed by atoms with Gasteiger partial charge in [0.2, 0.25) is 0 Å². The summed E-state index contributed by atoms with van der Waals surface area (Å²) in [6.07, 6.45) is 2.44. The molecule has 11 rings (SSSR count). The van der Waals surface area contributed by atoms with Gasteiger partial charge in [0.05, 0.1) is 85.4 Å². The van der Waals surface area contributed by atoms with Gasteiger partial charge < -0.3 is 80.6 Å². The molecule has 8 aromatic rings. The lowest BCUT2D eigenvalue weighted by molar-refractivity contribution is -0.146. The van der Waals surface area contributed by atoms with Crippen molar-refractivity contribution >= 4 is 95.0 Å². The SMILES string of the molecule is C.C.C.C#Cc1ccc(C(=O)NC(C(=O)OC)[C@@H](C)O)cc1.C1COCCN1.COC(=O)C(NC(=O)c1ccc(C#Cc2ccc(C=O)cc2)cc1)[C@@H](C)O.COC(=O)C(NC(=O)c1ccc(C#Cc2ccc(CN3CCOCC3)cc2)cc1)[C@@H](C)O.C[C@@H](O)C(NC(=O)c1ccc(C#Cc2ccc(CN3CCOCC3)cc2)cc1)C(=O)NO.Cl.NO.O=Cc1ccc(I)cc1. The Kier molecular flexibility index (Phi) is 58.0. The zero-order chi connectivity index (χ0) is 93.0. The number of hydrogen-bond donors (Lipinski definition) is 13. The molecular weight excluding hydrogens is 1820 g/mol. The Morgan fingerprint density at radius 2 is 0.649 bits per heavy atom. The summed E-state index contributed by atoms with van der Waals surface area (Å²) in [6, 6.07) is 52.1. The van der Waals surface area contributed by atoms with E-state index in [9.17, 15) is 68.4 Å². The maximum atomic E-state index is 12.4. The van der Waals surface area contributed by atoms with Gasteiger partial charge in [0, 0.05) is 128 Å². The fraction of sp³-hybridized carbons (Fsp3) is 0.327. The molecule has 3 saturated heterocycles. The minimum Gasteiger partial charge on any atom is -0.467 e. The number of aliphatic hydroxyl groups excluding tert-OH is 4. The molecule has 31 nitrogen and oxygen atoms in total. The van der Waals surface area contributed by atoms with E-state index >= 15 is 0 Å². The van der Waals surface area contributed by atoms with E-state index in [1.807, 2.05) is 36.4 Å². The molecule has 5 amide bonds. The number of amides is 5. The van der Waals surface area contributed by atoms with Crippen LogP contribution in [0, 0.1) is 51.4 Å². The first-order valence-corrected chi connectivity index (χ1v) is 40.9. The van der Waals surface area contributed by atoms with Gasteiger partial charge in [-0.15, -0.1) is 18.8 Å². The molecule has 33 heteroatoms. The van der Waals surface area contributed by atoms with E-state index in [1.165, 1.54) is 65.6 Å². The number of aliphatic hydroxyl groups is 4. The molecule has 702 valence electrons. The predicted molar refractivity (Wildman–Crippen MR) is 508 cm³/mol. The average Bonchev–Trinajstić information content (AvgIpc) is 0.866. The minimum absolute atomic E-state index is 0. The Labute approximate surface area is 786 Å². The second-order valence-electron chi connectivity index (χ2n) is 28.0. The first kappa shape index (κ1) is 117. The fourth-order valence-corrected chi connectivity index (χ4v) is 11.6. The zero-order valence-electron chi connectivity index (χ0n) is 71.7. The second kappa shape index (κ2) is 65.2. The van der Waals surface area contributed by atoms with E-state index in [0.29, 0.717) is 38.9 Å². The summed E-state index contributed by atoms with van der Waals surface area (Å²) >= 11 is 2.20. The maximum absolute atomic E-state index is 12.4. The Morgan fingerprint density at radius 3 is 0.870 bits per heavy atom. The summed E-state index contributed by atoms with van der Waals surface area (Å²) < 4.78 is 30.6. The van der Waals surface area contributed by atoms with Gasteiger partial charge in [-0.25, -0.2) is 25.8 Å². The number of methoxy groups -OCH3 is 3. The van der Waals surface area contributed by atoms with Crippen LogP contribution in [0.3, 0.4) is 0 Å². The number of esters is 3. The van der Waals surface area contributed by atoms with Crippen LogP contribution < -0.4 is 38.0 Å². The minimum atomic E-state index is -1.27. The Bertz CT molecular complexity index is 4860. The van der Waals surface area contributed by atoms with Crippen LogP contribution in [0.25, 0.3) is 0 Å². The quantitative estimate of drug-likeness (QED) is 0.00587. The lowest BCUT2D eigenvalue weighted by Crippen LogP contribution is -2.51. The summed E-state index contributed by atoms with van der Waals surface area (Å²) in [7, 11) is 3.57. The van der Waals surface area contributed by atoms with Gasteiger partial charge in [0.25, 0.3) is 29.5 Å². The summed E-state index contributed by atoms with van der Waals surface area (Å²) in [6.45, 7) is 18.1. The molecule has 0 radical (unpaired) electrons. The molecule has 0 aromatic heterocycles. The highest BCUT2D eigenvalue weighted by Gasteiger charge is 2.30. The molecule has 4 unspecified atom stereocenters. The molecule has 3 aliphatic rings. The van der Waals surface area contributed by atoms with E-state index in [-0.39, 0.29) is 34.7 Å². The number of hydrogen-bond acceptors (Lipinski definition) is 26. The van der Waals surface area contributed by atoms with Crippen LogP contribution in [0.5, 0.6) is 0 Å². The lowest BCUT2D eigenvalue weighted by Gasteiger charge is -2.26. The number of terminal acetylenes is 1. The molecular formula is C98H119ClIN9O22. The molecule has 3 fully saturated rings. The van der Waals surface area contributed by atoms with Crippen LogP contribution in [0.1, 0.15) is 162 Å². The molecule has 8 aromatic carbocycles. The largest absolute Gasteiger partial charge is 0.467 e. The van der Waals surface area contributed by atoms with E-state index < -0.39 is 96.0 Å². The molecule has 3 aliphatic heterocycles. The number of hydroxylamine groups is 1. The van der Waals surface area contributed by atoms with Gasteiger partial charge in [-0.2, -0.15) is 0 Å². The standard InChI is InChI=1S/C25H28N2O5.C24H27N3O5.C21H19NO5.C14H15NO4.C7H5IO.C4H9NO.3CH4.ClH.H3NO/c1-18(28)23(25(30)31-2)26-24(29)22-11-9-20(10-12-22)4-3-19-5-7-21(8-6-19)17-27-13-15-32-16-14-27;1-17(28)22(24(30)26-31)25-23(29)21-10-8-19(9-11-21)3-2-18-4-6-20(7-5-18)16-27-12-14-32-15-13-27;1-14(24)19(21(26)27-2)22-20(25)18-11-9-16(10-12-18)4-3-15-5-7-17(13-23)8-6-15;1-4-10-5-7-11(8-6-10)13(17)15-12(9(2)16)14(18)19-3;8-7-3-1-6(5-9)2-4-7;1-3-6-4-2-5-1;;;;;1-2/h5-12,18,23,28H,13-17H2,1-2H3,(H,26,29);4-11,17,22,28,31H,12-16H2,1H3,(H,25,29)(H,26,30);5-14,19,24H,1-2H3,(H,22,25);1,5-9,12,16H,2-3H3,(H,15,17);1-5H;5H,1-4H2;3*1H4;1H;2H,1H2/t18-,23?;17-,22?;14-,19?;9-,12?;;;;;;;/m1111......./s1. The normalized spacial score (nSPS) is 13.8. The molecule has 8 atom stereocenters. The van der Waals surface area contributed by atoms with Crippen molar-refractivity contribution in [3.05, 3.63) is 281 Å². The summed E-state index contributed by atoms with van der Waals surface area (Å²) in [4.78, 5) is 121. The number of carbonyl (C=O) groups is 10. The van der Waals surface area contributed by atoms with Crippen molar-refractivity contribution in [2.45, 2.75) is 112 Å². The van der Waals surface area contributed by atoms with Crippen LogP contribution in [0.15, 0.2) is 194 Å². The smallest absolute Gasteiger partial charge is 0.331 e.